The van der Waals surface area contributed by atoms with E-state index < -0.39 is 0 Å². The second-order valence-electron chi connectivity index (χ2n) is 9.22. The van der Waals surface area contributed by atoms with E-state index in [-0.39, 0.29) is 11.8 Å². The van der Waals surface area contributed by atoms with Gasteiger partial charge in [0.1, 0.15) is 18.4 Å². The van der Waals surface area contributed by atoms with Gasteiger partial charge in [0.2, 0.25) is 11.1 Å². The summed E-state index contributed by atoms with van der Waals surface area (Å²) < 4.78 is 8.88. The predicted molar refractivity (Wildman–Crippen MR) is 154 cm³/mol. The normalized spacial score (nSPS) is 16.6. The van der Waals surface area contributed by atoms with Crippen LogP contribution in [0.15, 0.2) is 93.7 Å². The van der Waals surface area contributed by atoms with E-state index in [4.69, 9.17) is 26.4 Å². The molecule has 1 atom stereocenters. The van der Waals surface area contributed by atoms with Crippen molar-refractivity contribution in [3.8, 4) is 5.75 Å². The first-order chi connectivity index (χ1) is 18.5. The molecule has 2 heterocycles. The zero-order valence-corrected chi connectivity index (χ0v) is 23.5. The number of nitrogens with zero attached hydrogens (tertiary/aromatic N) is 3. The Morgan fingerprint density at radius 1 is 1.05 bits per heavy atom. The van der Waals surface area contributed by atoms with Crippen molar-refractivity contribution in [3.63, 3.8) is 0 Å². The lowest BCUT2D eigenvalue weighted by Crippen LogP contribution is -2.31. The van der Waals surface area contributed by atoms with Crippen LogP contribution in [0.25, 0.3) is 0 Å². The van der Waals surface area contributed by atoms with E-state index in [1.807, 2.05) is 77.5 Å². The van der Waals surface area contributed by atoms with Gasteiger partial charge in [-0.05, 0) is 59.9 Å². The molecule has 0 spiro atoms. The number of benzene rings is 3. The smallest absolute Gasteiger partial charge is 0.227 e. The van der Waals surface area contributed by atoms with Gasteiger partial charge in [-0.2, -0.15) is 4.98 Å². The Morgan fingerprint density at radius 3 is 2.63 bits per heavy atom. The summed E-state index contributed by atoms with van der Waals surface area (Å²) in [4.78, 5) is 17.9. The maximum atomic E-state index is 13.1. The third-order valence-corrected chi connectivity index (χ3v) is 8.46. The lowest BCUT2D eigenvalue weighted by molar-refractivity contribution is -0.116. The highest BCUT2D eigenvalue weighted by atomic mass is 79.9. The molecule has 1 N–H and O–H groups in total. The zero-order valence-electron chi connectivity index (χ0n) is 20.4. The summed E-state index contributed by atoms with van der Waals surface area (Å²) in [7, 11) is 0. The SMILES string of the molecule is O=C1CCCC2=C1C(c1ccc(OCc3ccc(Br)cc3)cc1)n1nc(SCc3ccccc3Cl)nc1N2. The largest absolute Gasteiger partial charge is 0.489 e. The fourth-order valence-corrected chi connectivity index (χ4v) is 6.14. The van der Waals surface area contributed by atoms with Crippen molar-refractivity contribution in [1.29, 1.82) is 0 Å². The Labute approximate surface area is 238 Å². The monoisotopic (exact) mass is 606 g/mol. The van der Waals surface area contributed by atoms with Gasteiger partial charge in [-0.3, -0.25) is 4.79 Å². The van der Waals surface area contributed by atoms with E-state index in [1.165, 1.54) is 11.8 Å². The fourth-order valence-electron chi connectivity index (χ4n) is 4.76. The minimum absolute atomic E-state index is 0.158. The van der Waals surface area contributed by atoms with Gasteiger partial charge in [0.25, 0.3) is 0 Å². The third-order valence-electron chi connectivity index (χ3n) is 6.68. The molecule has 0 saturated carbocycles. The van der Waals surface area contributed by atoms with E-state index in [2.05, 4.69) is 21.2 Å². The second kappa shape index (κ2) is 11.0. The molecule has 192 valence electrons. The average molecular weight is 608 g/mol. The van der Waals surface area contributed by atoms with Gasteiger partial charge < -0.3 is 10.1 Å². The predicted octanol–water partition coefficient (Wildman–Crippen LogP) is 7.59. The number of hydrogen-bond donors (Lipinski definition) is 1. The molecular formula is C29H24BrClN4O2S. The number of aromatic nitrogens is 3. The van der Waals surface area contributed by atoms with E-state index in [9.17, 15) is 4.79 Å². The highest BCUT2D eigenvalue weighted by Crippen LogP contribution is 2.41. The van der Waals surface area contributed by atoms with Crippen LogP contribution in [0.2, 0.25) is 5.02 Å². The number of hydrogen-bond acceptors (Lipinski definition) is 6. The van der Waals surface area contributed by atoms with Crippen LogP contribution in [0.4, 0.5) is 5.95 Å². The van der Waals surface area contributed by atoms with Crippen molar-refractivity contribution in [1.82, 2.24) is 14.8 Å². The Kier molecular flexibility index (Phi) is 7.28. The Morgan fingerprint density at radius 2 is 1.84 bits per heavy atom. The summed E-state index contributed by atoms with van der Waals surface area (Å²) in [6.07, 6.45) is 2.20. The molecule has 0 amide bonds. The van der Waals surface area contributed by atoms with Gasteiger partial charge in [0.05, 0.1) is 0 Å². The number of Topliss-reactive ketones (excluding diaryl/α,β-unsaturated/α-hetero) is 1. The van der Waals surface area contributed by atoms with E-state index in [0.717, 1.165) is 56.0 Å². The number of halogens is 2. The van der Waals surface area contributed by atoms with Crippen molar-refractivity contribution >= 4 is 51.0 Å². The Hall–Kier alpha value is -3.07. The van der Waals surface area contributed by atoms with Crippen LogP contribution in [-0.4, -0.2) is 20.5 Å². The van der Waals surface area contributed by atoms with Gasteiger partial charge >= 0.3 is 0 Å². The van der Waals surface area contributed by atoms with Gasteiger partial charge in [-0.25, -0.2) is 4.68 Å². The minimum Gasteiger partial charge on any atom is -0.489 e. The number of carbonyl (C=O) groups excluding carboxylic acids is 1. The molecule has 0 radical (unpaired) electrons. The quantitative estimate of drug-likeness (QED) is 0.218. The van der Waals surface area contributed by atoms with E-state index in [0.29, 0.717) is 29.9 Å². The molecule has 1 unspecified atom stereocenters. The van der Waals surface area contributed by atoms with Crippen LogP contribution in [0.3, 0.4) is 0 Å². The summed E-state index contributed by atoms with van der Waals surface area (Å²) in [5.74, 6) is 2.24. The summed E-state index contributed by atoms with van der Waals surface area (Å²) in [6, 6.07) is 23.4. The summed E-state index contributed by atoms with van der Waals surface area (Å²) in [5, 5.41) is 9.58. The molecule has 4 aromatic rings. The van der Waals surface area contributed by atoms with Crippen LogP contribution in [0.5, 0.6) is 5.75 Å². The molecule has 6 rings (SSSR count). The molecule has 2 aliphatic rings. The number of anilines is 1. The first-order valence-electron chi connectivity index (χ1n) is 12.4. The first kappa shape index (κ1) is 25.2. The lowest BCUT2D eigenvalue weighted by Gasteiger charge is -2.32. The topological polar surface area (TPSA) is 69.0 Å². The Balaban J connectivity index is 1.26. The van der Waals surface area contributed by atoms with Crippen molar-refractivity contribution in [2.75, 3.05) is 5.32 Å². The van der Waals surface area contributed by atoms with E-state index in [1.54, 1.807) is 0 Å². The van der Waals surface area contributed by atoms with Crippen LogP contribution < -0.4 is 10.1 Å². The molecular weight excluding hydrogens is 584 g/mol. The van der Waals surface area contributed by atoms with Gasteiger partial charge in [0, 0.05) is 32.9 Å². The number of fused-ring (bicyclic) bond motifs is 1. The van der Waals surface area contributed by atoms with Crippen LogP contribution >= 0.6 is 39.3 Å². The van der Waals surface area contributed by atoms with Crippen LogP contribution in [0.1, 0.15) is 42.0 Å². The van der Waals surface area contributed by atoms with Crippen LogP contribution in [0, 0.1) is 0 Å². The van der Waals surface area contributed by atoms with Crippen molar-refractivity contribution in [3.05, 3.63) is 110 Å². The lowest BCUT2D eigenvalue weighted by atomic mass is 9.85. The fraction of sp³-hybridized carbons (Fsp3) is 0.207. The minimum atomic E-state index is -0.336. The number of allylic oxidation sites excluding steroid dienone is 2. The molecule has 6 nitrogen and oxygen atoms in total. The number of nitrogens with one attached hydrogen (secondary N) is 1. The third kappa shape index (κ3) is 5.25. The molecule has 0 saturated heterocycles. The molecule has 1 aliphatic heterocycles. The Bertz CT molecular complexity index is 1520. The van der Waals surface area contributed by atoms with Crippen molar-refractivity contribution < 1.29 is 9.53 Å². The first-order valence-corrected chi connectivity index (χ1v) is 14.5. The number of rotatable bonds is 7. The molecule has 9 heteroatoms. The summed E-state index contributed by atoms with van der Waals surface area (Å²) in [6.45, 7) is 0.479. The van der Waals surface area contributed by atoms with Crippen LogP contribution in [-0.2, 0) is 17.2 Å². The van der Waals surface area contributed by atoms with Gasteiger partial charge in [-0.15, -0.1) is 5.10 Å². The van der Waals surface area contributed by atoms with E-state index >= 15 is 0 Å². The number of ketones is 1. The highest BCUT2D eigenvalue weighted by molar-refractivity contribution is 9.10. The standard InChI is InChI=1S/C29H24BrClN4O2S/c30-21-12-8-18(9-13-21)16-37-22-14-10-19(11-15-22)27-26-24(6-3-7-25(26)36)32-28-33-29(34-35(27)28)38-17-20-4-1-2-5-23(20)31/h1-2,4-5,8-15,27H,3,6-7,16-17H2,(H,32,33,34). The highest BCUT2D eigenvalue weighted by Gasteiger charge is 2.36. The van der Waals surface area contributed by atoms with Crippen molar-refractivity contribution in [2.24, 2.45) is 0 Å². The second-order valence-corrected chi connectivity index (χ2v) is 11.5. The maximum Gasteiger partial charge on any atom is 0.227 e. The van der Waals surface area contributed by atoms with Crippen molar-refractivity contribution in [2.45, 2.75) is 42.8 Å². The molecule has 3 aromatic carbocycles. The maximum absolute atomic E-state index is 13.1. The zero-order chi connectivity index (χ0) is 26.1. The van der Waals surface area contributed by atoms with Gasteiger partial charge in [0.15, 0.2) is 5.78 Å². The molecule has 1 aromatic heterocycles. The molecule has 38 heavy (non-hydrogen) atoms. The number of carbonyl (C=O) groups is 1. The molecule has 0 fully saturated rings. The number of thioether (sulfide) groups is 1. The van der Waals surface area contributed by atoms with Gasteiger partial charge in [-0.1, -0.05) is 81.8 Å². The average Bonchev–Trinajstić information content (AvgIpc) is 3.34. The molecule has 1 aliphatic carbocycles. The number of ether oxygens (including phenoxy) is 1. The summed E-state index contributed by atoms with van der Waals surface area (Å²) in [5.41, 5.74) is 4.82. The summed E-state index contributed by atoms with van der Waals surface area (Å²) >= 11 is 11.3. The molecule has 0 bridgehead atoms.